The van der Waals surface area contributed by atoms with E-state index in [0.29, 0.717) is 0 Å². The molecule has 0 aliphatic carbocycles. The molecule has 108 valence electrons. The van der Waals surface area contributed by atoms with E-state index in [9.17, 15) is 0 Å². The maximum Gasteiger partial charge on any atom is 0.0483 e. The fourth-order valence-corrected chi connectivity index (χ4v) is 3.14. The fraction of sp³-hybridized carbons (Fsp3) is 0.529. The van der Waals surface area contributed by atoms with Gasteiger partial charge in [-0.15, -0.1) is 0 Å². The lowest BCUT2D eigenvalue weighted by molar-refractivity contribution is 0.138. The second-order valence-corrected chi connectivity index (χ2v) is 5.74. The molecule has 20 heavy (non-hydrogen) atoms. The van der Waals surface area contributed by atoms with Gasteiger partial charge in [-0.1, -0.05) is 25.1 Å². The van der Waals surface area contributed by atoms with E-state index in [-0.39, 0.29) is 0 Å². The Hall–Kier alpha value is -1.32. The van der Waals surface area contributed by atoms with Crippen LogP contribution in [0, 0.1) is 0 Å². The smallest absolute Gasteiger partial charge is 0.0483 e. The molecule has 1 aliphatic heterocycles. The topological polar surface area (TPSA) is 20.2 Å². The Balaban J connectivity index is 1.88. The molecule has 0 unspecified atom stereocenters. The van der Waals surface area contributed by atoms with Gasteiger partial charge >= 0.3 is 0 Å². The molecule has 0 radical (unpaired) electrons. The van der Waals surface area contributed by atoms with E-state index in [4.69, 9.17) is 0 Å². The van der Waals surface area contributed by atoms with Gasteiger partial charge in [-0.05, 0) is 31.5 Å². The van der Waals surface area contributed by atoms with Crippen molar-refractivity contribution >= 4 is 10.9 Å². The van der Waals surface area contributed by atoms with Crippen molar-refractivity contribution in [2.45, 2.75) is 39.4 Å². The van der Waals surface area contributed by atoms with Crippen molar-refractivity contribution in [1.29, 1.82) is 0 Å². The molecular weight excluding hydrogens is 246 g/mol. The van der Waals surface area contributed by atoms with Gasteiger partial charge in [0, 0.05) is 49.3 Å². The van der Waals surface area contributed by atoms with E-state index in [0.717, 1.165) is 32.2 Å². The summed E-state index contributed by atoms with van der Waals surface area (Å²) in [5, 5.41) is 4.81. The van der Waals surface area contributed by atoms with Crippen LogP contribution in [-0.2, 0) is 13.1 Å². The zero-order valence-electron chi connectivity index (χ0n) is 12.6. The number of hydrogen-bond acceptors (Lipinski definition) is 2. The molecular formula is C17H25N3. The van der Waals surface area contributed by atoms with Gasteiger partial charge in [0.1, 0.15) is 0 Å². The summed E-state index contributed by atoms with van der Waals surface area (Å²) in [7, 11) is 0. The summed E-state index contributed by atoms with van der Waals surface area (Å²) < 4.78 is 2.37. The molecule has 3 heteroatoms. The quantitative estimate of drug-likeness (QED) is 0.872. The fourth-order valence-electron chi connectivity index (χ4n) is 3.14. The average molecular weight is 271 g/mol. The Morgan fingerprint density at radius 1 is 1.25 bits per heavy atom. The van der Waals surface area contributed by atoms with Crippen molar-refractivity contribution in [2.24, 2.45) is 0 Å². The molecule has 2 aromatic rings. The summed E-state index contributed by atoms with van der Waals surface area (Å²) in [6, 6.07) is 9.51. The highest BCUT2D eigenvalue weighted by molar-refractivity contribution is 5.83. The van der Waals surface area contributed by atoms with Crippen molar-refractivity contribution < 1.29 is 0 Å². The molecule has 0 atom stereocenters. The highest BCUT2D eigenvalue weighted by atomic mass is 15.2. The molecule has 1 N–H and O–H groups in total. The molecule has 0 bridgehead atoms. The summed E-state index contributed by atoms with van der Waals surface area (Å²) >= 11 is 0. The number of fused-ring (bicyclic) bond motifs is 1. The van der Waals surface area contributed by atoms with Crippen molar-refractivity contribution in [3.8, 4) is 0 Å². The van der Waals surface area contributed by atoms with Crippen LogP contribution in [0.25, 0.3) is 10.9 Å². The molecule has 1 aromatic heterocycles. The zero-order chi connectivity index (χ0) is 13.9. The minimum absolute atomic E-state index is 0.721. The van der Waals surface area contributed by atoms with Crippen LogP contribution in [-0.4, -0.2) is 35.1 Å². The van der Waals surface area contributed by atoms with Gasteiger partial charge in [-0.2, -0.15) is 0 Å². The van der Waals surface area contributed by atoms with Crippen LogP contribution in [0.15, 0.2) is 30.5 Å². The maximum absolute atomic E-state index is 3.39. The lowest BCUT2D eigenvalue weighted by atomic mass is 10.1. The summed E-state index contributed by atoms with van der Waals surface area (Å²) in [4.78, 5) is 2.64. The first-order valence-electron chi connectivity index (χ1n) is 7.85. The number of para-hydroxylation sites is 1. The van der Waals surface area contributed by atoms with Crippen molar-refractivity contribution in [1.82, 2.24) is 14.8 Å². The Morgan fingerprint density at radius 3 is 2.70 bits per heavy atom. The maximum atomic E-state index is 3.39. The van der Waals surface area contributed by atoms with Crippen molar-refractivity contribution in [3.05, 3.63) is 36.0 Å². The number of aryl methyl sites for hydroxylation is 1. The second kappa shape index (κ2) is 5.98. The molecule has 1 fully saturated rings. The van der Waals surface area contributed by atoms with E-state index < -0.39 is 0 Å². The van der Waals surface area contributed by atoms with E-state index in [2.05, 4.69) is 59.1 Å². The van der Waals surface area contributed by atoms with E-state index in [1.165, 1.54) is 29.4 Å². The normalized spacial score (nSPS) is 15.9. The van der Waals surface area contributed by atoms with E-state index >= 15 is 0 Å². The molecule has 1 saturated heterocycles. The monoisotopic (exact) mass is 271 g/mol. The molecule has 1 aliphatic rings. The minimum atomic E-state index is 0.721. The van der Waals surface area contributed by atoms with Crippen LogP contribution >= 0.6 is 0 Å². The SMILES string of the molecule is CCCN(Cc1cn(CC)c2ccccc12)C1CNC1. The highest BCUT2D eigenvalue weighted by Crippen LogP contribution is 2.24. The van der Waals surface area contributed by atoms with Crippen LogP contribution < -0.4 is 5.32 Å². The molecule has 3 nitrogen and oxygen atoms in total. The molecule has 3 rings (SSSR count). The van der Waals surface area contributed by atoms with Gasteiger partial charge in [-0.3, -0.25) is 4.90 Å². The predicted octanol–water partition coefficient (Wildman–Crippen LogP) is 2.85. The zero-order valence-corrected chi connectivity index (χ0v) is 12.6. The van der Waals surface area contributed by atoms with Gasteiger partial charge in [-0.25, -0.2) is 0 Å². The Labute approximate surface area is 121 Å². The molecule has 0 saturated carbocycles. The Morgan fingerprint density at radius 2 is 2.05 bits per heavy atom. The number of rotatable bonds is 6. The number of nitrogens with zero attached hydrogens (tertiary/aromatic N) is 2. The lowest BCUT2D eigenvalue weighted by Gasteiger charge is -2.38. The predicted molar refractivity (Wildman–Crippen MR) is 85.0 cm³/mol. The average Bonchev–Trinajstić information content (AvgIpc) is 2.76. The van der Waals surface area contributed by atoms with Crippen LogP contribution in [0.2, 0.25) is 0 Å². The van der Waals surface area contributed by atoms with Gasteiger partial charge in [0.2, 0.25) is 0 Å². The van der Waals surface area contributed by atoms with Crippen molar-refractivity contribution in [3.63, 3.8) is 0 Å². The lowest BCUT2D eigenvalue weighted by Crippen LogP contribution is -2.56. The van der Waals surface area contributed by atoms with Crippen LogP contribution in [0.4, 0.5) is 0 Å². The summed E-state index contributed by atoms with van der Waals surface area (Å²) in [5.41, 5.74) is 2.84. The minimum Gasteiger partial charge on any atom is -0.347 e. The third-order valence-electron chi connectivity index (χ3n) is 4.37. The van der Waals surface area contributed by atoms with E-state index in [1.54, 1.807) is 0 Å². The molecule has 0 spiro atoms. The number of hydrogen-bond donors (Lipinski definition) is 1. The van der Waals surface area contributed by atoms with Gasteiger partial charge in [0.05, 0.1) is 0 Å². The van der Waals surface area contributed by atoms with Crippen molar-refractivity contribution in [2.75, 3.05) is 19.6 Å². The largest absolute Gasteiger partial charge is 0.347 e. The van der Waals surface area contributed by atoms with E-state index in [1.807, 2.05) is 0 Å². The second-order valence-electron chi connectivity index (χ2n) is 5.74. The standard InChI is InChI=1S/C17H25N3/c1-3-9-20(15-10-18-11-15)13-14-12-19(4-2)17-8-6-5-7-16(14)17/h5-8,12,15,18H,3-4,9-11,13H2,1-2H3. The first-order valence-corrected chi connectivity index (χ1v) is 7.85. The number of aromatic nitrogens is 1. The number of nitrogens with one attached hydrogen (secondary N) is 1. The highest BCUT2D eigenvalue weighted by Gasteiger charge is 2.24. The molecule has 0 amide bonds. The summed E-state index contributed by atoms with van der Waals surface area (Å²) in [5.74, 6) is 0. The van der Waals surface area contributed by atoms with Gasteiger partial charge < -0.3 is 9.88 Å². The first kappa shape index (κ1) is 13.7. The summed E-state index contributed by atoms with van der Waals surface area (Å²) in [6.07, 6.45) is 3.57. The van der Waals surface area contributed by atoms with Crippen LogP contribution in [0.1, 0.15) is 25.8 Å². The number of benzene rings is 1. The van der Waals surface area contributed by atoms with Crippen LogP contribution in [0.5, 0.6) is 0 Å². The molecule has 2 heterocycles. The third kappa shape index (κ3) is 2.48. The van der Waals surface area contributed by atoms with Gasteiger partial charge in [0.25, 0.3) is 0 Å². The molecule has 1 aromatic carbocycles. The van der Waals surface area contributed by atoms with Gasteiger partial charge in [0.15, 0.2) is 0 Å². The Bertz CT molecular complexity index is 569. The van der Waals surface area contributed by atoms with Crippen LogP contribution in [0.3, 0.4) is 0 Å². The Kier molecular flexibility index (Phi) is 4.08. The third-order valence-corrected chi connectivity index (χ3v) is 4.37. The first-order chi connectivity index (χ1) is 9.83. The summed E-state index contributed by atoms with van der Waals surface area (Å²) in [6.45, 7) is 10.1.